The van der Waals surface area contributed by atoms with Crippen molar-refractivity contribution in [1.82, 2.24) is 10.3 Å². The van der Waals surface area contributed by atoms with Gasteiger partial charge in [0.15, 0.2) is 6.39 Å². The molecule has 3 heteroatoms. The van der Waals surface area contributed by atoms with E-state index < -0.39 is 0 Å². The molecule has 2 unspecified atom stereocenters. The molecule has 1 fully saturated rings. The second-order valence-electron chi connectivity index (χ2n) is 4.74. The lowest BCUT2D eigenvalue weighted by atomic mass is 9.82. The maximum absolute atomic E-state index is 5.17. The molecular weight excluding hydrogens is 188 g/mol. The molecule has 1 aliphatic rings. The molecule has 1 saturated carbocycles. The zero-order valence-electron chi connectivity index (χ0n) is 9.41. The molecule has 0 aliphatic heterocycles. The van der Waals surface area contributed by atoms with E-state index in [2.05, 4.69) is 17.2 Å². The summed E-state index contributed by atoms with van der Waals surface area (Å²) in [5.74, 6) is 2.70. The van der Waals surface area contributed by atoms with Crippen molar-refractivity contribution in [3.05, 3.63) is 18.4 Å². The number of aromatic nitrogens is 1. The first-order valence-corrected chi connectivity index (χ1v) is 5.92. The zero-order chi connectivity index (χ0) is 10.5. The van der Waals surface area contributed by atoms with E-state index in [1.807, 2.05) is 0 Å². The molecule has 1 aromatic heterocycles. The summed E-state index contributed by atoms with van der Waals surface area (Å²) < 4.78 is 5.17. The number of oxazole rings is 1. The highest BCUT2D eigenvalue weighted by molar-refractivity contribution is 4.87. The van der Waals surface area contributed by atoms with Crippen LogP contribution in [0, 0.1) is 11.8 Å². The minimum atomic E-state index is 0.810. The molecule has 1 aromatic rings. The van der Waals surface area contributed by atoms with Crippen LogP contribution in [0.5, 0.6) is 0 Å². The molecule has 0 aromatic carbocycles. The first-order chi connectivity index (χ1) is 7.34. The van der Waals surface area contributed by atoms with E-state index in [4.69, 9.17) is 4.42 Å². The van der Waals surface area contributed by atoms with Gasteiger partial charge >= 0.3 is 0 Å². The molecule has 1 N–H and O–H groups in total. The van der Waals surface area contributed by atoms with Crippen molar-refractivity contribution in [1.29, 1.82) is 0 Å². The van der Waals surface area contributed by atoms with Gasteiger partial charge in [-0.1, -0.05) is 19.8 Å². The summed E-state index contributed by atoms with van der Waals surface area (Å²) in [7, 11) is 0. The van der Waals surface area contributed by atoms with E-state index in [1.54, 1.807) is 6.20 Å². The van der Waals surface area contributed by atoms with E-state index in [1.165, 1.54) is 32.1 Å². The van der Waals surface area contributed by atoms with Gasteiger partial charge in [0.1, 0.15) is 5.76 Å². The summed E-state index contributed by atoms with van der Waals surface area (Å²) in [6, 6.07) is 0. The van der Waals surface area contributed by atoms with Crippen molar-refractivity contribution in [3.8, 4) is 0 Å². The minimum Gasteiger partial charge on any atom is -0.447 e. The molecule has 1 heterocycles. The van der Waals surface area contributed by atoms with Gasteiger partial charge in [-0.05, 0) is 31.2 Å². The van der Waals surface area contributed by atoms with Gasteiger partial charge in [-0.3, -0.25) is 0 Å². The standard InChI is InChI=1S/C12H20N2O/c1-10-3-2-4-11(5-10)6-13-7-12-8-14-9-15-12/h8-11,13H,2-7H2,1H3. The molecule has 0 spiro atoms. The molecule has 15 heavy (non-hydrogen) atoms. The second-order valence-corrected chi connectivity index (χ2v) is 4.74. The third kappa shape index (κ3) is 3.34. The quantitative estimate of drug-likeness (QED) is 0.826. The Hall–Kier alpha value is -0.830. The Morgan fingerprint density at radius 3 is 3.20 bits per heavy atom. The maximum atomic E-state index is 5.17. The van der Waals surface area contributed by atoms with Gasteiger partial charge in [-0.2, -0.15) is 0 Å². The van der Waals surface area contributed by atoms with E-state index in [-0.39, 0.29) is 0 Å². The van der Waals surface area contributed by atoms with Crippen molar-refractivity contribution in [3.63, 3.8) is 0 Å². The van der Waals surface area contributed by atoms with Gasteiger partial charge in [0.25, 0.3) is 0 Å². The third-order valence-electron chi connectivity index (χ3n) is 3.26. The molecule has 0 radical (unpaired) electrons. The molecule has 84 valence electrons. The monoisotopic (exact) mass is 208 g/mol. The smallest absolute Gasteiger partial charge is 0.180 e. The lowest BCUT2D eigenvalue weighted by Crippen LogP contribution is -2.26. The van der Waals surface area contributed by atoms with Crippen LogP contribution in [-0.4, -0.2) is 11.5 Å². The van der Waals surface area contributed by atoms with Crippen LogP contribution in [0.15, 0.2) is 17.0 Å². The van der Waals surface area contributed by atoms with E-state index >= 15 is 0 Å². The fourth-order valence-corrected chi connectivity index (χ4v) is 2.47. The summed E-state index contributed by atoms with van der Waals surface area (Å²) in [6.07, 6.45) is 8.84. The van der Waals surface area contributed by atoms with Crippen LogP contribution < -0.4 is 5.32 Å². The van der Waals surface area contributed by atoms with Crippen molar-refractivity contribution < 1.29 is 4.42 Å². The lowest BCUT2D eigenvalue weighted by molar-refractivity contribution is 0.272. The van der Waals surface area contributed by atoms with E-state index in [9.17, 15) is 0 Å². The Labute approximate surface area is 91.3 Å². The van der Waals surface area contributed by atoms with Crippen molar-refractivity contribution in [2.24, 2.45) is 11.8 Å². The highest BCUT2D eigenvalue weighted by Gasteiger charge is 2.18. The summed E-state index contributed by atoms with van der Waals surface area (Å²) >= 11 is 0. The highest BCUT2D eigenvalue weighted by atomic mass is 16.3. The normalized spacial score (nSPS) is 26.7. The molecule has 0 saturated heterocycles. The van der Waals surface area contributed by atoms with Crippen molar-refractivity contribution in [2.75, 3.05) is 6.54 Å². The molecular formula is C12H20N2O. The highest BCUT2D eigenvalue weighted by Crippen LogP contribution is 2.27. The van der Waals surface area contributed by atoms with Crippen LogP contribution in [0.4, 0.5) is 0 Å². The molecule has 2 atom stereocenters. The summed E-state index contributed by atoms with van der Waals surface area (Å²) in [6.45, 7) is 4.29. The Morgan fingerprint density at radius 2 is 2.47 bits per heavy atom. The number of nitrogens with one attached hydrogen (secondary N) is 1. The Balaban J connectivity index is 1.65. The third-order valence-corrected chi connectivity index (χ3v) is 3.26. The molecule has 3 nitrogen and oxygen atoms in total. The first-order valence-electron chi connectivity index (χ1n) is 5.92. The van der Waals surface area contributed by atoms with Crippen LogP contribution in [0.2, 0.25) is 0 Å². The SMILES string of the molecule is CC1CCCC(CNCc2cnco2)C1. The van der Waals surface area contributed by atoms with Crippen molar-refractivity contribution in [2.45, 2.75) is 39.2 Å². The summed E-state index contributed by atoms with van der Waals surface area (Å²) in [4.78, 5) is 3.89. The minimum absolute atomic E-state index is 0.810. The van der Waals surface area contributed by atoms with Crippen LogP contribution in [0.25, 0.3) is 0 Å². The number of nitrogens with zero attached hydrogens (tertiary/aromatic N) is 1. The zero-order valence-corrected chi connectivity index (χ0v) is 9.41. The Bertz CT molecular complexity index is 271. The first kappa shape index (κ1) is 10.7. The van der Waals surface area contributed by atoms with Crippen LogP contribution in [0.3, 0.4) is 0 Å². The fraction of sp³-hybridized carbons (Fsp3) is 0.750. The number of hydrogen-bond acceptors (Lipinski definition) is 3. The van der Waals surface area contributed by atoms with E-state index in [0.29, 0.717) is 0 Å². The predicted molar refractivity (Wildman–Crippen MR) is 59.3 cm³/mol. The van der Waals surface area contributed by atoms with Gasteiger partial charge in [0.05, 0.1) is 12.7 Å². The van der Waals surface area contributed by atoms with Gasteiger partial charge in [0, 0.05) is 0 Å². The van der Waals surface area contributed by atoms with Crippen LogP contribution >= 0.6 is 0 Å². The van der Waals surface area contributed by atoms with Gasteiger partial charge in [-0.15, -0.1) is 0 Å². The van der Waals surface area contributed by atoms with Gasteiger partial charge in [-0.25, -0.2) is 4.98 Å². The topological polar surface area (TPSA) is 38.1 Å². The predicted octanol–water partition coefficient (Wildman–Crippen LogP) is 2.59. The van der Waals surface area contributed by atoms with E-state index in [0.717, 1.165) is 30.7 Å². The molecule has 2 rings (SSSR count). The average Bonchev–Trinajstić information content (AvgIpc) is 2.71. The Morgan fingerprint density at radius 1 is 1.53 bits per heavy atom. The fourth-order valence-electron chi connectivity index (χ4n) is 2.47. The molecule has 0 amide bonds. The van der Waals surface area contributed by atoms with Gasteiger partial charge in [0.2, 0.25) is 0 Å². The number of rotatable bonds is 4. The van der Waals surface area contributed by atoms with Crippen LogP contribution in [-0.2, 0) is 6.54 Å². The second kappa shape index (κ2) is 5.31. The largest absolute Gasteiger partial charge is 0.447 e. The average molecular weight is 208 g/mol. The maximum Gasteiger partial charge on any atom is 0.180 e. The Kier molecular flexibility index (Phi) is 3.78. The summed E-state index contributed by atoms with van der Waals surface area (Å²) in [5.41, 5.74) is 0. The number of hydrogen-bond donors (Lipinski definition) is 1. The molecule has 1 aliphatic carbocycles. The van der Waals surface area contributed by atoms with Gasteiger partial charge < -0.3 is 9.73 Å². The summed E-state index contributed by atoms with van der Waals surface area (Å²) in [5, 5.41) is 3.44. The van der Waals surface area contributed by atoms with Crippen LogP contribution in [0.1, 0.15) is 38.4 Å². The van der Waals surface area contributed by atoms with Crippen molar-refractivity contribution >= 4 is 0 Å². The molecule has 0 bridgehead atoms. The lowest BCUT2D eigenvalue weighted by Gasteiger charge is -2.26.